The average Bonchev–Trinajstić information content (AvgIpc) is 2.19. The van der Waals surface area contributed by atoms with Gasteiger partial charge in [0.2, 0.25) is 0 Å². The van der Waals surface area contributed by atoms with Gasteiger partial charge in [-0.3, -0.25) is 4.99 Å². The van der Waals surface area contributed by atoms with Crippen LogP contribution < -0.4 is 10.6 Å². The van der Waals surface area contributed by atoms with Gasteiger partial charge in [-0.1, -0.05) is 0 Å². The van der Waals surface area contributed by atoms with E-state index in [0.29, 0.717) is 6.04 Å². The number of aliphatic imine (C=N–C) groups is 1. The lowest BCUT2D eigenvalue weighted by Crippen LogP contribution is -2.36. The summed E-state index contributed by atoms with van der Waals surface area (Å²) in [5.41, 5.74) is 1.05. The predicted octanol–water partition coefficient (Wildman–Crippen LogP) is 3.47. The number of benzene rings is 1. The molecule has 0 spiro atoms. The Hall–Kier alpha value is -0.780. The van der Waals surface area contributed by atoms with Crippen LogP contribution in [0.5, 0.6) is 0 Å². The first-order chi connectivity index (χ1) is 7.97. The lowest BCUT2D eigenvalue weighted by atomic mass is 10.3. The van der Waals surface area contributed by atoms with Gasteiger partial charge in [-0.15, -0.1) is 0 Å². The molecule has 0 saturated heterocycles. The van der Waals surface area contributed by atoms with E-state index in [1.54, 1.807) is 0 Å². The van der Waals surface area contributed by atoms with Crippen LogP contribution in [0.4, 0.5) is 5.69 Å². The van der Waals surface area contributed by atoms with Crippen LogP contribution in [0, 0.1) is 3.57 Å². The number of nitrogens with one attached hydrogen (secondary N) is 2. The van der Waals surface area contributed by atoms with Crippen molar-refractivity contribution in [2.24, 2.45) is 4.99 Å². The van der Waals surface area contributed by atoms with Gasteiger partial charge in [0.1, 0.15) is 0 Å². The Kier molecular flexibility index (Phi) is 5.74. The topological polar surface area (TPSA) is 36.4 Å². The largest absolute Gasteiger partial charge is 0.354 e. The summed E-state index contributed by atoms with van der Waals surface area (Å²) in [6.45, 7) is 8.34. The zero-order valence-electron chi connectivity index (χ0n) is 10.8. The summed E-state index contributed by atoms with van der Waals surface area (Å²) in [5.74, 6) is 0.830. The van der Waals surface area contributed by atoms with Gasteiger partial charge < -0.3 is 10.6 Å². The molecule has 0 radical (unpaired) electrons. The summed E-state index contributed by atoms with van der Waals surface area (Å²) < 4.78 is 1.23. The number of halogens is 1. The molecule has 17 heavy (non-hydrogen) atoms. The summed E-state index contributed by atoms with van der Waals surface area (Å²) in [4.78, 5) is 4.53. The zero-order chi connectivity index (χ0) is 12.8. The SMILES string of the molecule is CC(C)N=C(Nc1ccc(I)cc1)NC(C)C. The number of nitrogens with zero attached hydrogens (tertiary/aromatic N) is 1. The molecule has 1 rings (SSSR count). The quantitative estimate of drug-likeness (QED) is 0.500. The average molecular weight is 345 g/mol. The fraction of sp³-hybridized carbons (Fsp3) is 0.462. The maximum atomic E-state index is 4.53. The fourth-order valence-electron chi connectivity index (χ4n) is 1.31. The van der Waals surface area contributed by atoms with Gasteiger partial charge in [-0.2, -0.15) is 0 Å². The normalized spacial score (nSPS) is 12.1. The summed E-state index contributed by atoms with van der Waals surface area (Å²) in [6.07, 6.45) is 0. The minimum atomic E-state index is 0.271. The van der Waals surface area contributed by atoms with Crippen molar-refractivity contribution in [3.05, 3.63) is 27.8 Å². The van der Waals surface area contributed by atoms with Gasteiger partial charge in [0.15, 0.2) is 5.96 Å². The van der Waals surface area contributed by atoms with Crippen molar-refractivity contribution in [2.45, 2.75) is 39.8 Å². The Labute approximate surface area is 117 Å². The molecule has 0 aliphatic rings. The minimum absolute atomic E-state index is 0.271. The maximum absolute atomic E-state index is 4.53. The summed E-state index contributed by atoms with van der Waals surface area (Å²) in [7, 11) is 0. The maximum Gasteiger partial charge on any atom is 0.196 e. The van der Waals surface area contributed by atoms with E-state index in [9.17, 15) is 0 Å². The highest BCUT2D eigenvalue weighted by Crippen LogP contribution is 2.11. The lowest BCUT2D eigenvalue weighted by molar-refractivity contribution is 0.717. The van der Waals surface area contributed by atoms with Gasteiger partial charge in [0.05, 0.1) is 0 Å². The van der Waals surface area contributed by atoms with Crippen LogP contribution in [0.1, 0.15) is 27.7 Å². The third-order valence-corrected chi connectivity index (χ3v) is 2.64. The van der Waals surface area contributed by atoms with E-state index in [1.807, 2.05) is 0 Å². The molecule has 0 saturated carbocycles. The Balaban J connectivity index is 2.75. The standard InChI is InChI=1S/C13H20IN3/c1-9(2)15-13(16-10(3)4)17-12-7-5-11(14)6-8-12/h5-10H,1-4H3,(H2,15,16,17). The van der Waals surface area contributed by atoms with E-state index in [2.05, 4.69) is 90.2 Å². The highest BCUT2D eigenvalue weighted by molar-refractivity contribution is 14.1. The highest BCUT2D eigenvalue weighted by Gasteiger charge is 2.03. The Morgan fingerprint density at radius 1 is 1.12 bits per heavy atom. The first-order valence-corrected chi connectivity index (χ1v) is 6.92. The van der Waals surface area contributed by atoms with Gasteiger partial charge in [-0.25, -0.2) is 0 Å². The minimum Gasteiger partial charge on any atom is -0.354 e. The molecule has 2 N–H and O–H groups in total. The highest BCUT2D eigenvalue weighted by atomic mass is 127. The van der Waals surface area contributed by atoms with E-state index in [1.165, 1.54) is 3.57 Å². The number of guanidine groups is 1. The van der Waals surface area contributed by atoms with Crippen LogP contribution in [0.15, 0.2) is 29.3 Å². The first-order valence-electron chi connectivity index (χ1n) is 5.84. The number of hydrogen-bond acceptors (Lipinski definition) is 1. The Morgan fingerprint density at radius 3 is 2.18 bits per heavy atom. The molecule has 0 heterocycles. The second-order valence-corrected chi connectivity index (χ2v) is 5.75. The number of rotatable bonds is 3. The van der Waals surface area contributed by atoms with Crippen LogP contribution in [0.2, 0.25) is 0 Å². The number of anilines is 1. The molecule has 94 valence electrons. The molecule has 0 bridgehead atoms. The molecule has 0 unspecified atom stereocenters. The lowest BCUT2D eigenvalue weighted by Gasteiger charge is -2.16. The second-order valence-electron chi connectivity index (χ2n) is 4.50. The predicted molar refractivity (Wildman–Crippen MR) is 83.6 cm³/mol. The van der Waals surface area contributed by atoms with Crippen molar-refractivity contribution in [3.63, 3.8) is 0 Å². The van der Waals surface area contributed by atoms with Crippen molar-refractivity contribution < 1.29 is 0 Å². The van der Waals surface area contributed by atoms with Crippen molar-refractivity contribution >= 4 is 34.2 Å². The molecule has 0 atom stereocenters. The van der Waals surface area contributed by atoms with Crippen molar-refractivity contribution in [2.75, 3.05) is 5.32 Å². The smallest absolute Gasteiger partial charge is 0.196 e. The van der Waals surface area contributed by atoms with E-state index in [0.717, 1.165) is 11.6 Å². The monoisotopic (exact) mass is 345 g/mol. The number of hydrogen-bond donors (Lipinski definition) is 2. The van der Waals surface area contributed by atoms with Crippen molar-refractivity contribution in [1.82, 2.24) is 5.32 Å². The summed E-state index contributed by atoms with van der Waals surface area (Å²) >= 11 is 2.30. The molecule has 3 nitrogen and oxygen atoms in total. The molecule has 1 aromatic rings. The molecule has 4 heteroatoms. The molecule has 0 aliphatic carbocycles. The van der Waals surface area contributed by atoms with Gasteiger partial charge >= 0.3 is 0 Å². The van der Waals surface area contributed by atoms with E-state index < -0.39 is 0 Å². The fourth-order valence-corrected chi connectivity index (χ4v) is 1.67. The molecule has 0 amide bonds. The van der Waals surface area contributed by atoms with Gasteiger partial charge in [0.25, 0.3) is 0 Å². The Morgan fingerprint density at radius 2 is 1.71 bits per heavy atom. The van der Waals surface area contributed by atoms with Crippen LogP contribution >= 0.6 is 22.6 Å². The van der Waals surface area contributed by atoms with Crippen molar-refractivity contribution in [3.8, 4) is 0 Å². The van der Waals surface area contributed by atoms with Crippen molar-refractivity contribution in [1.29, 1.82) is 0 Å². The van der Waals surface area contributed by atoms with Crippen LogP contribution in [-0.4, -0.2) is 18.0 Å². The molecule has 0 aromatic heterocycles. The Bertz CT molecular complexity index is 369. The van der Waals surface area contributed by atoms with E-state index in [-0.39, 0.29) is 6.04 Å². The molecular formula is C13H20IN3. The van der Waals surface area contributed by atoms with E-state index in [4.69, 9.17) is 0 Å². The van der Waals surface area contributed by atoms with Gasteiger partial charge in [0, 0.05) is 21.3 Å². The van der Waals surface area contributed by atoms with Crippen LogP contribution in [-0.2, 0) is 0 Å². The summed E-state index contributed by atoms with van der Waals surface area (Å²) in [6, 6.07) is 8.90. The molecule has 0 fully saturated rings. The first kappa shape index (κ1) is 14.3. The molecular weight excluding hydrogens is 325 g/mol. The molecule has 0 aliphatic heterocycles. The zero-order valence-corrected chi connectivity index (χ0v) is 12.9. The molecule has 1 aromatic carbocycles. The van der Waals surface area contributed by atoms with E-state index >= 15 is 0 Å². The second kappa shape index (κ2) is 6.83. The van der Waals surface area contributed by atoms with Gasteiger partial charge in [-0.05, 0) is 74.6 Å². The third kappa shape index (κ3) is 5.91. The van der Waals surface area contributed by atoms with Crippen LogP contribution in [0.25, 0.3) is 0 Å². The summed E-state index contributed by atoms with van der Waals surface area (Å²) in [5, 5.41) is 6.62. The third-order valence-electron chi connectivity index (χ3n) is 1.92. The van der Waals surface area contributed by atoms with Crippen LogP contribution in [0.3, 0.4) is 0 Å².